The number of thioether (sulfide) groups is 1. The zero-order chi connectivity index (χ0) is 14.7. The number of para-hydroxylation sites is 1. The van der Waals surface area contributed by atoms with Gasteiger partial charge in [0.15, 0.2) is 0 Å². The van der Waals surface area contributed by atoms with Crippen LogP contribution in [0.3, 0.4) is 0 Å². The van der Waals surface area contributed by atoms with E-state index in [1.165, 1.54) is 4.90 Å². The van der Waals surface area contributed by atoms with Gasteiger partial charge in [-0.3, -0.25) is 0 Å². The third-order valence-corrected chi connectivity index (χ3v) is 5.30. The van der Waals surface area contributed by atoms with Crippen LogP contribution < -0.4 is 5.32 Å². The second-order valence-electron chi connectivity index (χ2n) is 5.19. The lowest BCUT2D eigenvalue weighted by atomic mass is 10.3. The smallest absolute Gasteiger partial charge is 0.142 e. The Morgan fingerprint density at radius 2 is 2.05 bits per heavy atom. The number of fused-ring (bicyclic) bond motifs is 1. The average molecular weight is 315 g/mol. The number of rotatable bonds is 5. The van der Waals surface area contributed by atoms with Crippen molar-refractivity contribution in [3.8, 4) is 0 Å². The molecule has 0 bridgehead atoms. The Morgan fingerprint density at radius 3 is 2.90 bits per heavy atom. The molecule has 21 heavy (non-hydrogen) atoms. The van der Waals surface area contributed by atoms with Crippen LogP contribution >= 0.6 is 23.1 Å². The highest BCUT2D eigenvalue weighted by Gasteiger charge is 2.08. The fraction of sp³-hybridized carbons (Fsp3) is 0.250. The van der Waals surface area contributed by atoms with Gasteiger partial charge in [-0.2, -0.15) is 0 Å². The molecule has 0 amide bonds. The summed E-state index contributed by atoms with van der Waals surface area (Å²) in [5.74, 6) is 2.65. The summed E-state index contributed by atoms with van der Waals surface area (Å²) in [5.41, 5.74) is 1.11. The largest absolute Gasteiger partial charge is 0.339 e. The van der Waals surface area contributed by atoms with E-state index in [0.29, 0.717) is 5.92 Å². The van der Waals surface area contributed by atoms with E-state index in [9.17, 15) is 0 Å². The summed E-state index contributed by atoms with van der Waals surface area (Å²) in [7, 11) is 0. The minimum Gasteiger partial charge on any atom is -0.339 e. The van der Waals surface area contributed by atoms with Crippen molar-refractivity contribution in [3.05, 3.63) is 42.0 Å². The van der Waals surface area contributed by atoms with Crippen molar-refractivity contribution in [2.75, 3.05) is 11.1 Å². The minimum atomic E-state index is 0.672. The summed E-state index contributed by atoms with van der Waals surface area (Å²) in [4.78, 5) is 10.9. The van der Waals surface area contributed by atoms with Crippen LogP contribution in [0.5, 0.6) is 0 Å². The fourth-order valence-corrected chi connectivity index (χ4v) is 3.66. The highest BCUT2D eigenvalue weighted by Crippen LogP contribution is 2.32. The van der Waals surface area contributed by atoms with Gasteiger partial charge in [-0.15, -0.1) is 23.1 Å². The number of hydrogen-bond donors (Lipinski definition) is 1. The Kier molecular flexibility index (Phi) is 4.41. The van der Waals surface area contributed by atoms with Crippen molar-refractivity contribution in [2.24, 2.45) is 5.92 Å². The van der Waals surface area contributed by atoms with Crippen LogP contribution in [0.1, 0.15) is 13.8 Å². The van der Waals surface area contributed by atoms with E-state index < -0.39 is 0 Å². The zero-order valence-electron chi connectivity index (χ0n) is 12.0. The predicted molar refractivity (Wildman–Crippen MR) is 92.7 cm³/mol. The molecule has 3 aromatic rings. The number of thiophene rings is 1. The van der Waals surface area contributed by atoms with Crippen LogP contribution in [-0.4, -0.2) is 15.7 Å². The van der Waals surface area contributed by atoms with Gasteiger partial charge in [-0.05, 0) is 29.5 Å². The molecule has 0 unspecified atom stereocenters. The topological polar surface area (TPSA) is 37.8 Å². The first-order valence-corrected chi connectivity index (χ1v) is 8.77. The van der Waals surface area contributed by atoms with E-state index in [-0.39, 0.29) is 0 Å². The van der Waals surface area contributed by atoms with Gasteiger partial charge in [0, 0.05) is 10.6 Å². The Bertz CT molecular complexity index is 737. The molecule has 0 radical (unpaired) electrons. The summed E-state index contributed by atoms with van der Waals surface area (Å²) in [6.45, 7) is 4.48. The van der Waals surface area contributed by atoms with Gasteiger partial charge in [0.1, 0.15) is 17.0 Å². The highest BCUT2D eigenvalue weighted by molar-refractivity contribution is 7.99. The molecule has 0 aliphatic heterocycles. The first-order chi connectivity index (χ1) is 10.2. The lowest BCUT2D eigenvalue weighted by Gasteiger charge is -2.12. The van der Waals surface area contributed by atoms with Gasteiger partial charge in [-0.25, -0.2) is 9.97 Å². The predicted octanol–water partition coefficient (Wildman–Crippen LogP) is 5.18. The third-order valence-electron chi connectivity index (χ3n) is 2.97. The zero-order valence-corrected chi connectivity index (χ0v) is 13.7. The van der Waals surface area contributed by atoms with Gasteiger partial charge in [0.2, 0.25) is 0 Å². The molecule has 0 atom stereocenters. The molecule has 3 nitrogen and oxygen atoms in total. The third kappa shape index (κ3) is 3.36. The summed E-state index contributed by atoms with van der Waals surface area (Å²) in [5, 5.41) is 6.58. The van der Waals surface area contributed by atoms with Crippen molar-refractivity contribution < 1.29 is 0 Å². The molecule has 2 heterocycles. The molecule has 3 rings (SSSR count). The maximum atomic E-state index is 4.39. The SMILES string of the molecule is CC(C)CSc1ccccc1Nc1ncnc2sccc12. The van der Waals surface area contributed by atoms with E-state index in [1.54, 1.807) is 17.7 Å². The number of nitrogens with one attached hydrogen (secondary N) is 1. The Labute approximate surface area is 132 Å². The van der Waals surface area contributed by atoms with Gasteiger partial charge in [0.05, 0.1) is 11.1 Å². The van der Waals surface area contributed by atoms with Crippen molar-refractivity contribution >= 4 is 44.8 Å². The molecule has 1 aromatic carbocycles. The molecule has 2 aromatic heterocycles. The summed E-state index contributed by atoms with van der Waals surface area (Å²) < 4.78 is 0. The summed E-state index contributed by atoms with van der Waals surface area (Å²) in [6.07, 6.45) is 1.62. The van der Waals surface area contributed by atoms with Crippen LogP contribution in [0.25, 0.3) is 10.2 Å². The van der Waals surface area contributed by atoms with Crippen molar-refractivity contribution in [2.45, 2.75) is 18.7 Å². The Hall–Kier alpha value is -1.59. The quantitative estimate of drug-likeness (QED) is 0.658. The van der Waals surface area contributed by atoms with E-state index in [2.05, 4.69) is 53.4 Å². The molecule has 0 saturated carbocycles. The second kappa shape index (κ2) is 6.45. The van der Waals surface area contributed by atoms with Gasteiger partial charge in [0.25, 0.3) is 0 Å². The van der Waals surface area contributed by atoms with Crippen LogP contribution in [-0.2, 0) is 0 Å². The monoisotopic (exact) mass is 315 g/mol. The van der Waals surface area contributed by atoms with Gasteiger partial charge < -0.3 is 5.32 Å². The van der Waals surface area contributed by atoms with Crippen molar-refractivity contribution in [3.63, 3.8) is 0 Å². The van der Waals surface area contributed by atoms with E-state index in [4.69, 9.17) is 0 Å². The maximum Gasteiger partial charge on any atom is 0.142 e. The first-order valence-electron chi connectivity index (χ1n) is 6.91. The standard InChI is InChI=1S/C16H17N3S2/c1-11(2)9-21-14-6-4-3-5-13(14)19-15-12-7-8-20-16(12)18-10-17-15/h3-8,10-11H,9H2,1-2H3,(H,17,18,19). The van der Waals surface area contributed by atoms with Crippen LogP contribution in [0.15, 0.2) is 46.9 Å². The highest BCUT2D eigenvalue weighted by atomic mass is 32.2. The molecule has 0 aliphatic carbocycles. The van der Waals surface area contributed by atoms with E-state index in [0.717, 1.165) is 27.5 Å². The second-order valence-corrected chi connectivity index (χ2v) is 7.14. The molecular formula is C16H17N3S2. The normalized spacial score (nSPS) is 11.2. The fourth-order valence-electron chi connectivity index (χ4n) is 1.97. The number of aromatic nitrogens is 2. The van der Waals surface area contributed by atoms with Crippen LogP contribution in [0, 0.1) is 5.92 Å². The lowest BCUT2D eigenvalue weighted by molar-refractivity contribution is 0.750. The first kappa shape index (κ1) is 14.4. The molecule has 0 saturated heterocycles. The Morgan fingerprint density at radius 1 is 1.19 bits per heavy atom. The van der Waals surface area contributed by atoms with Gasteiger partial charge in [-0.1, -0.05) is 26.0 Å². The summed E-state index contributed by atoms with van der Waals surface area (Å²) in [6, 6.07) is 10.4. The maximum absolute atomic E-state index is 4.39. The molecule has 1 N–H and O–H groups in total. The molecule has 0 aliphatic rings. The number of benzene rings is 1. The molecule has 0 spiro atoms. The minimum absolute atomic E-state index is 0.672. The molecular weight excluding hydrogens is 298 g/mol. The Balaban J connectivity index is 1.89. The van der Waals surface area contributed by atoms with E-state index >= 15 is 0 Å². The van der Waals surface area contributed by atoms with E-state index in [1.807, 2.05) is 23.2 Å². The number of anilines is 2. The van der Waals surface area contributed by atoms with Crippen LogP contribution in [0.2, 0.25) is 0 Å². The molecule has 5 heteroatoms. The number of nitrogens with zero attached hydrogens (tertiary/aromatic N) is 2. The van der Waals surface area contributed by atoms with Crippen molar-refractivity contribution in [1.29, 1.82) is 0 Å². The number of hydrogen-bond acceptors (Lipinski definition) is 5. The van der Waals surface area contributed by atoms with Crippen molar-refractivity contribution in [1.82, 2.24) is 9.97 Å². The summed E-state index contributed by atoms with van der Waals surface area (Å²) >= 11 is 3.51. The molecule has 108 valence electrons. The van der Waals surface area contributed by atoms with Gasteiger partial charge >= 0.3 is 0 Å². The lowest BCUT2D eigenvalue weighted by Crippen LogP contribution is -1.97. The average Bonchev–Trinajstić information content (AvgIpc) is 2.96. The molecule has 0 fully saturated rings. The van der Waals surface area contributed by atoms with Crippen LogP contribution in [0.4, 0.5) is 11.5 Å².